The van der Waals surface area contributed by atoms with Crippen LogP contribution in [0, 0.1) is 5.92 Å². The second-order valence-corrected chi connectivity index (χ2v) is 7.39. The van der Waals surface area contributed by atoms with Gasteiger partial charge in [0.05, 0.1) is 6.54 Å². The summed E-state index contributed by atoms with van der Waals surface area (Å²) < 4.78 is 5.22. The van der Waals surface area contributed by atoms with Crippen molar-refractivity contribution in [2.75, 3.05) is 26.2 Å². The summed E-state index contributed by atoms with van der Waals surface area (Å²) in [4.78, 5) is 32.8. The highest BCUT2D eigenvalue weighted by molar-refractivity contribution is 6.30. The fourth-order valence-electron chi connectivity index (χ4n) is 3.38. The number of nitrogens with one attached hydrogen (secondary N) is 1. The summed E-state index contributed by atoms with van der Waals surface area (Å²) in [5.74, 6) is 0.632. The Morgan fingerprint density at radius 1 is 1.21 bits per heavy atom. The predicted molar refractivity (Wildman–Crippen MR) is 109 cm³/mol. The zero-order chi connectivity index (χ0) is 20.8. The van der Waals surface area contributed by atoms with Crippen molar-refractivity contribution in [2.45, 2.75) is 33.2 Å². The second-order valence-electron chi connectivity index (χ2n) is 6.95. The van der Waals surface area contributed by atoms with Crippen molar-refractivity contribution in [3.05, 3.63) is 35.2 Å². The molecule has 2 heterocycles. The van der Waals surface area contributed by atoms with Gasteiger partial charge < -0.3 is 19.6 Å². The normalized spacial score (nSPS) is 14.7. The highest BCUT2D eigenvalue weighted by Gasteiger charge is 2.29. The summed E-state index contributed by atoms with van der Waals surface area (Å²) in [6.07, 6.45) is 1.30. The van der Waals surface area contributed by atoms with Crippen LogP contribution in [0.1, 0.15) is 32.6 Å². The smallest absolute Gasteiger partial charge is 0.319 e. The summed E-state index contributed by atoms with van der Waals surface area (Å²) in [5, 5.41) is 7.43. The van der Waals surface area contributed by atoms with E-state index in [2.05, 4.69) is 15.5 Å². The van der Waals surface area contributed by atoms with Gasteiger partial charge in [0.15, 0.2) is 0 Å². The minimum Gasteiger partial charge on any atom is -0.347 e. The molecule has 2 aromatic rings. The van der Waals surface area contributed by atoms with Crippen LogP contribution in [0.3, 0.4) is 0 Å². The van der Waals surface area contributed by atoms with Crippen LogP contribution in [0.2, 0.25) is 5.02 Å². The number of amides is 3. The highest BCUT2D eigenvalue weighted by Crippen LogP contribution is 2.20. The molecule has 0 unspecified atom stereocenters. The van der Waals surface area contributed by atoms with Gasteiger partial charge in [-0.25, -0.2) is 4.79 Å². The van der Waals surface area contributed by atoms with E-state index in [1.54, 1.807) is 17.0 Å². The lowest BCUT2D eigenvalue weighted by atomic mass is 9.96. The number of rotatable bonds is 6. The molecule has 3 amide bonds. The molecule has 1 aliphatic rings. The number of nitrogens with zero attached hydrogens (tertiary/aromatic N) is 4. The van der Waals surface area contributed by atoms with Gasteiger partial charge in [0.25, 0.3) is 0 Å². The van der Waals surface area contributed by atoms with E-state index in [1.807, 2.05) is 30.9 Å². The van der Waals surface area contributed by atoms with Crippen molar-refractivity contribution in [1.29, 1.82) is 0 Å². The zero-order valence-corrected chi connectivity index (χ0v) is 17.5. The first kappa shape index (κ1) is 21.1. The predicted octanol–water partition coefficient (Wildman–Crippen LogP) is 3.18. The molecule has 9 heteroatoms. The fourth-order valence-corrected chi connectivity index (χ4v) is 3.50. The number of carbonyl (C=O) groups excluding carboxylic acids is 2. The quantitative estimate of drug-likeness (QED) is 0.776. The summed E-state index contributed by atoms with van der Waals surface area (Å²) in [6, 6.07) is 7.18. The fraction of sp³-hybridized carbons (Fsp3) is 0.500. The number of benzene rings is 1. The van der Waals surface area contributed by atoms with Gasteiger partial charge in [-0.15, -0.1) is 0 Å². The average Bonchev–Trinajstić information content (AvgIpc) is 3.22. The number of hydrogen-bond donors (Lipinski definition) is 1. The van der Waals surface area contributed by atoms with Crippen LogP contribution in [0.5, 0.6) is 0 Å². The highest BCUT2D eigenvalue weighted by atomic mass is 35.5. The molecular weight excluding hydrogens is 394 g/mol. The standard InChI is InChI=1S/C20H26ClN5O3/c1-3-25(4-2)20(28)26-11-9-15(10-12-26)19(27)22-13-17-23-18(24-29-17)14-5-7-16(21)8-6-14/h5-8,15H,3-4,9-13H2,1-2H3,(H,22,27). The van der Waals surface area contributed by atoms with Crippen molar-refractivity contribution >= 4 is 23.5 Å². The van der Waals surface area contributed by atoms with Crippen molar-refractivity contribution < 1.29 is 14.1 Å². The molecule has 1 aromatic carbocycles. The first-order valence-corrected chi connectivity index (χ1v) is 10.3. The molecule has 0 radical (unpaired) electrons. The Morgan fingerprint density at radius 2 is 1.86 bits per heavy atom. The number of carbonyl (C=O) groups is 2. The molecule has 0 bridgehead atoms. The average molecular weight is 420 g/mol. The summed E-state index contributed by atoms with van der Waals surface area (Å²) in [6.45, 7) is 6.69. The maximum absolute atomic E-state index is 12.5. The summed E-state index contributed by atoms with van der Waals surface area (Å²) >= 11 is 5.88. The molecular formula is C20H26ClN5O3. The van der Waals surface area contributed by atoms with Crippen LogP contribution < -0.4 is 5.32 Å². The number of halogens is 1. The van der Waals surface area contributed by atoms with Crippen LogP contribution in [0.4, 0.5) is 4.79 Å². The van der Waals surface area contributed by atoms with Crippen LogP contribution in [-0.2, 0) is 11.3 Å². The second kappa shape index (κ2) is 9.73. The molecule has 0 saturated carbocycles. The van der Waals surface area contributed by atoms with Gasteiger partial charge in [0, 0.05) is 42.7 Å². The topological polar surface area (TPSA) is 91.6 Å². The number of likely N-dealkylation sites (tertiary alicyclic amines) is 1. The maximum Gasteiger partial charge on any atom is 0.319 e. The first-order valence-electron chi connectivity index (χ1n) is 9.91. The van der Waals surface area contributed by atoms with E-state index < -0.39 is 0 Å². The largest absolute Gasteiger partial charge is 0.347 e. The van der Waals surface area contributed by atoms with Gasteiger partial charge in [-0.05, 0) is 51.0 Å². The van der Waals surface area contributed by atoms with Gasteiger partial charge in [-0.1, -0.05) is 16.8 Å². The number of aromatic nitrogens is 2. The molecule has 1 saturated heterocycles. The number of piperidine rings is 1. The Kier molecular flexibility index (Phi) is 7.09. The van der Waals surface area contributed by atoms with E-state index >= 15 is 0 Å². The monoisotopic (exact) mass is 419 g/mol. The van der Waals surface area contributed by atoms with Crippen molar-refractivity contribution in [1.82, 2.24) is 25.3 Å². The third-order valence-electron chi connectivity index (χ3n) is 5.15. The molecule has 0 atom stereocenters. The molecule has 156 valence electrons. The van der Waals surface area contributed by atoms with Gasteiger partial charge >= 0.3 is 6.03 Å². The van der Waals surface area contributed by atoms with E-state index in [1.165, 1.54) is 0 Å². The Morgan fingerprint density at radius 3 is 2.48 bits per heavy atom. The summed E-state index contributed by atoms with van der Waals surface area (Å²) in [5.41, 5.74) is 0.793. The van der Waals surface area contributed by atoms with Crippen LogP contribution >= 0.6 is 11.6 Å². The third kappa shape index (κ3) is 5.26. The lowest BCUT2D eigenvalue weighted by molar-refractivity contribution is -0.126. The van der Waals surface area contributed by atoms with E-state index in [0.717, 1.165) is 5.56 Å². The van der Waals surface area contributed by atoms with E-state index in [9.17, 15) is 9.59 Å². The van der Waals surface area contributed by atoms with Crippen LogP contribution in [-0.4, -0.2) is 58.1 Å². The molecule has 1 aromatic heterocycles. The lowest BCUT2D eigenvalue weighted by Gasteiger charge is -2.34. The SMILES string of the molecule is CCN(CC)C(=O)N1CCC(C(=O)NCc2nc(-c3ccc(Cl)cc3)no2)CC1. The lowest BCUT2D eigenvalue weighted by Crippen LogP contribution is -2.48. The van der Waals surface area contributed by atoms with Crippen LogP contribution in [0.25, 0.3) is 11.4 Å². The molecule has 0 aliphatic carbocycles. The Hall–Kier alpha value is -2.61. The van der Waals surface area contributed by atoms with E-state index in [-0.39, 0.29) is 24.4 Å². The zero-order valence-electron chi connectivity index (χ0n) is 16.7. The minimum absolute atomic E-state index is 0.0498. The summed E-state index contributed by atoms with van der Waals surface area (Å²) in [7, 11) is 0. The van der Waals surface area contributed by atoms with Gasteiger partial charge in [0.2, 0.25) is 17.6 Å². The third-order valence-corrected chi connectivity index (χ3v) is 5.41. The van der Waals surface area contributed by atoms with Crippen LogP contribution in [0.15, 0.2) is 28.8 Å². The first-order chi connectivity index (χ1) is 14.0. The maximum atomic E-state index is 12.5. The van der Waals surface area contributed by atoms with Gasteiger partial charge in [-0.3, -0.25) is 4.79 Å². The minimum atomic E-state index is -0.116. The van der Waals surface area contributed by atoms with E-state index in [0.29, 0.717) is 55.8 Å². The van der Waals surface area contributed by atoms with Crippen molar-refractivity contribution in [2.24, 2.45) is 5.92 Å². The molecule has 8 nitrogen and oxygen atoms in total. The number of hydrogen-bond acceptors (Lipinski definition) is 5. The Bertz CT molecular complexity index is 827. The molecule has 0 spiro atoms. The van der Waals surface area contributed by atoms with E-state index in [4.69, 9.17) is 16.1 Å². The molecule has 3 rings (SSSR count). The molecule has 29 heavy (non-hydrogen) atoms. The Balaban J connectivity index is 1.47. The van der Waals surface area contributed by atoms with Gasteiger partial charge in [-0.2, -0.15) is 4.98 Å². The molecule has 1 N–H and O–H groups in total. The Labute approximate surface area is 175 Å². The molecule has 1 fully saturated rings. The molecule has 1 aliphatic heterocycles. The van der Waals surface area contributed by atoms with Crippen molar-refractivity contribution in [3.8, 4) is 11.4 Å². The number of urea groups is 1. The van der Waals surface area contributed by atoms with Gasteiger partial charge in [0.1, 0.15) is 0 Å². The van der Waals surface area contributed by atoms with Crippen molar-refractivity contribution in [3.63, 3.8) is 0 Å².